The van der Waals surface area contributed by atoms with Gasteiger partial charge in [0.05, 0.1) is 0 Å². The number of amides is 1. The van der Waals surface area contributed by atoms with Crippen LogP contribution in [0.25, 0.3) is 0 Å². The third-order valence-corrected chi connectivity index (χ3v) is 4.58. The number of para-hydroxylation sites is 1. The average molecular weight is 329 g/mol. The molecule has 0 aromatic heterocycles. The second kappa shape index (κ2) is 7.29. The van der Waals surface area contributed by atoms with Crippen LogP contribution >= 0.6 is 12.4 Å². The van der Waals surface area contributed by atoms with Gasteiger partial charge < -0.3 is 15.0 Å². The number of carbonyl (C=O) groups excluding carboxylic acids is 1. The first-order valence-corrected chi connectivity index (χ1v) is 7.52. The molecule has 1 amide bonds. The predicted molar refractivity (Wildman–Crippen MR) is 84.9 cm³/mol. The molecule has 2 aliphatic rings. The number of rotatable bonds is 4. The third-order valence-electron chi connectivity index (χ3n) is 4.58. The zero-order valence-electron chi connectivity index (χ0n) is 12.6. The summed E-state index contributed by atoms with van der Waals surface area (Å²) < 4.78 is 18.7. The van der Waals surface area contributed by atoms with Gasteiger partial charge in [0.1, 0.15) is 0 Å². The van der Waals surface area contributed by atoms with Crippen LogP contribution in [0, 0.1) is 5.82 Å². The third kappa shape index (κ3) is 3.70. The summed E-state index contributed by atoms with van der Waals surface area (Å²) >= 11 is 0. The summed E-state index contributed by atoms with van der Waals surface area (Å²) in [5.74, 6) is -0.401. The topological polar surface area (TPSA) is 41.6 Å². The predicted octanol–water partition coefficient (Wildman–Crippen LogP) is 2.37. The molecule has 0 radical (unpaired) electrons. The number of piperidine rings is 1. The minimum Gasteiger partial charge on any atom is -0.481 e. The lowest BCUT2D eigenvalue weighted by atomic mass is 9.98. The molecular weight excluding hydrogens is 307 g/mol. The molecule has 2 saturated heterocycles. The largest absolute Gasteiger partial charge is 0.481 e. The number of nitrogens with one attached hydrogen (secondary N) is 1. The number of hydrogen-bond acceptors (Lipinski definition) is 3. The van der Waals surface area contributed by atoms with E-state index in [1.54, 1.807) is 17.0 Å². The number of hydrogen-bond donors (Lipinski definition) is 1. The number of nitrogens with zero attached hydrogens (tertiary/aromatic N) is 1. The van der Waals surface area contributed by atoms with Crippen LogP contribution in [-0.2, 0) is 4.79 Å². The Morgan fingerprint density at radius 1 is 1.32 bits per heavy atom. The molecular formula is C16H22ClFN2O2. The van der Waals surface area contributed by atoms with E-state index in [-0.39, 0.29) is 36.7 Å². The lowest BCUT2D eigenvalue weighted by Gasteiger charge is -2.35. The summed E-state index contributed by atoms with van der Waals surface area (Å²) in [6.45, 7) is -0.114. The van der Waals surface area contributed by atoms with Crippen molar-refractivity contribution in [3.8, 4) is 5.75 Å². The van der Waals surface area contributed by atoms with Crippen LogP contribution in [0.1, 0.15) is 25.7 Å². The standard InChI is InChI=1S/C16H21FN2O2.ClH/c1-19(13-8-11-6-7-12(9-13)18-11)16(20)10-21-15-5-3-2-4-14(15)17;/h2-5,11-13,18H,6-10H2,1H3;1H. The van der Waals surface area contributed by atoms with E-state index in [9.17, 15) is 9.18 Å². The van der Waals surface area contributed by atoms with Gasteiger partial charge in [-0.2, -0.15) is 0 Å². The zero-order valence-corrected chi connectivity index (χ0v) is 13.4. The van der Waals surface area contributed by atoms with Gasteiger partial charge in [0.2, 0.25) is 0 Å². The van der Waals surface area contributed by atoms with Crippen LogP contribution in [0.3, 0.4) is 0 Å². The molecule has 0 spiro atoms. The van der Waals surface area contributed by atoms with E-state index in [2.05, 4.69) is 5.32 Å². The van der Waals surface area contributed by atoms with Crippen molar-refractivity contribution in [1.29, 1.82) is 0 Å². The maximum atomic E-state index is 13.4. The lowest BCUT2D eigenvalue weighted by molar-refractivity contribution is -0.134. The molecule has 1 aromatic carbocycles. The minimum atomic E-state index is -0.437. The minimum absolute atomic E-state index is 0. The molecule has 22 heavy (non-hydrogen) atoms. The average Bonchev–Trinajstić information content (AvgIpc) is 2.83. The van der Waals surface area contributed by atoms with Gasteiger partial charge in [-0.15, -0.1) is 12.4 Å². The Hall–Kier alpha value is -1.33. The second-order valence-electron chi connectivity index (χ2n) is 5.99. The number of benzene rings is 1. The van der Waals surface area contributed by atoms with E-state index in [0.717, 1.165) is 12.8 Å². The van der Waals surface area contributed by atoms with E-state index in [0.29, 0.717) is 12.1 Å². The number of ether oxygens (including phenoxy) is 1. The molecule has 2 unspecified atom stereocenters. The van der Waals surface area contributed by atoms with Crippen LogP contribution in [0.4, 0.5) is 4.39 Å². The molecule has 2 heterocycles. The lowest BCUT2D eigenvalue weighted by Crippen LogP contribution is -2.49. The number of carbonyl (C=O) groups is 1. The molecule has 2 fully saturated rings. The van der Waals surface area contributed by atoms with Crippen molar-refractivity contribution in [3.05, 3.63) is 30.1 Å². The first-order valence-electron chi connectivity index (χ1n) is 7.52. The van der Waals surface area contributed by atoms with Crippen molar-refractivity contribution >= 4 is 18.3 Å². The van der Waals surface area contributed by atoms with Crippen molar-refractivity contribution in [2.45, 2.75) is 43.8 Å². The monoisotopic (exact) mass is 328 g/mol. The second-order valence-corrected chi connectivity index (χ2v) is 5.99. The molecule has 122 valence electrons. The van der Waals surface area contributed by atoms with Gasteiger partial charge in [0, 0.05) is 25.2 Å². The molecule has 2 bridgehead atoms. The van der Waals surface area contributed by atoms with E-state index in [4.69, 9.17) is 4.74 Å². The van der Waals surface area contributed by atoms with E-state index >= 15 is 0 Å². The zero-order chi connectivity index (χ0) is 14.8. The Balaban J connectivity index is 0.00000176. The molecule has 1 N–H and O–H groups in total. The van der Waals surface area contributed by atoms with Gasteiger partial charge in [-0.25, -0.2) is 4.39 Å². The Kier molecular flexibility index (Phi) is 5.64. The fourth-order valence-corrected chi connectivity index (χ4v) is 3.35. The maximum Gasteiger partial charge on any atom is 0.260 e. The van der Waals surface area contributed by atoms with Crippen molar-refractivity contribution in [2.24, 2.45) is 0 Å². The van der Waals surface area contributed by atoms with Gasteiger partial charge in [0.25, 0.3) is 5.91 Å². The molecule has 3 rings (SSSR count). The van der Waals surface area contributed by atoms with E-state index in [1.807, 2.05) is 7.05 Å². The SMILES string of the molecule is CN(C(=O)COc1ccccc1F)C1CC2CCC(C1)N2.Cl. The quantitative estimate of drug-likeness (QED) is 0.922. The fraction of sp³-hybridized carbons (Fsp3) is 0.562. The summed E-state index contributed by atoms with van der Waals surface area (Å²) in [4.78, 5) is 14.0. The highest BCUT2D eigenvalue weighted by molar-refractivity contribution is 5.85. The molecule has 0 saturated carbocycles. The Morgan fingerprint density at radius 2 is 1.95 bits per heavy atom. The molecule has 2 aliphatic heterocycles. The number of likely N-dealkylation sites (N-methyl/N-ethyl adjacent to an activating group) is 1. The smallest absolute Gasteiger partial charge is 0.260 e. The molecule has 2 atom stereocenters. The highest BCUT2D eigenvalue weighted by Crippen LogP contribution is 2.29. The number of fused-ring (bicyclic) bond motifs is 2. The van der Waals surface area contributed by atoms with Gasteiger partial charge in [-0.1, -0.05) is 12.1 Å². The van der Waals surface area contributed by atoms with Crippen molar-refractivity contribution in [2.75, 3.05) is 13.7 Å². The van der Waals surface area contributed by atoms with Crippen LogP contribution < -0.4 is 10.1 Å². The first-order chi connectivity index (χ1) is 10.1. The van der Waals surface area contributed by atoms with Crippen molar-refractivity contribution < 1.29 is 13.9 Å². The van der Waals surface area contributed by atoms with Crippen LogP contribution in [-0.4, -0.2) is 42.6 Å². The fourth-order valence-electron chi connectivity index (χ4n) is 3.35. The Morgan fingerprint density at radius 3 is 2.59 bits per heavy atom. The Labute approximate surface area is 136 Å². The van der Waals surface area contributed by atoms with E-state index in [1.165, 1.54) is 25.0 Å². The molecule has 4 nitrogen and oxygen atoms in total. The summed E-state index contributed by atoms with van der Waals surface area (Å²) in [5, 5.41) is 3.56. The summed E-state index contributed by atoms with van der Waals surface area (Å²) in [7, 11) is 1.82. The van der Waals surface area contributed by atoms with Gasteiger partial charge in [0.15, 0.2) is 18.2 Å². The van der Waals surface area contributed by atoms with Crippen LogP contribution in [0.5, 0.6) is 5.75 Å². The number of halogens is 2. The molecule has 0 aliphatic carbocycles. The first kappa shape index (κ1) is 17.0. The van der Waals surface area contributed by atoms with Crippen LogP contribution in [0.2, 0.25) is 0 Å². The maximum absolute atomic E-state index is 13.4. The van der Waals surface area contributed by atoms with Crippen molar-refractivity contribution in [1.82, 2.24) is 10.2 Å². The summed E-state index contributed by atoms with van der Waals surface area (Å²) in [5.41, 5.74) is 0. The normalized spacial score (nSPS) is 26.2. The summed E-state index contributed by atoms with van der Waals surface area (Å²) in [6.07, 6.45) is 4.40. The van der Waals surface area contributed by atoms with Crippen LogP contribution in [0.15, 0.2) is 24.3 Å². The Bertz CT molecular complexity index is 517. The van der Waals surface area contributed by atoms with Gasteiger partial charge in [-0.05, 0) is 37.8 Å². The molecule has 1 aromatic rings. The van der Waals surface area contributed by atoms with Gasteiger partial charge >= 0.3 is 0 Å². The highest BCUT2D eigenvalue weighted by atomic mass is 35.5. The van der Waals surface area contributed by atoms with E-state index < -0.39 is 5.82 Å². The molecule has 6 heteroatoms. The van der Waals surface area contributed by atoms with Gasteiger partial charge in [-0.3, -0.25) is 4.79 Å². The van der Waals surface area contributed by atoms with Crippen molar-refractivity contribution in [3.63, 3.8) is 0 Å². The highest BCUT2D eigenvalue weighted by Gasteiger charge is 2.36. The summed E-state index contributed by atoms with van der Waals surface area (Å²) in [6, 6.07) is 7.49.